The molecule has 138 valence electrons. The van der Waals surface area contributed by atoms with Crippen molar-refractivity contribution in [3.8, 4) is 0 Å². The number of hydrogen-bond donors (Lipinski definition) is 1. The number of carboxylic acid groups (broad SMARTS) is 1. The Morgan fingerprint density at radius 1 is 1.15 bits per heavy atom. The molecule has 5 heteroatoms. The van der Waals surface area contributed by atoms with E-state index in [0.717, 1.165) is 47.0 Å². The number of aryl methyl sites for hydroxylation is 1. The van der Waals surface area contributed by atoms with Crippen LogP contribution in [0.3, 0.4) is 0 Å². The maximum absolute atomic E-state index is 11.9. The molecular weight excluding hydrogens is 338 g/mol. The zero-order valence-corrected chi connectivity index (χ0v) is 15.4. The number of pyridine rings is 2. The highest BCUT2D eigenvalue weighted by Crippen LogP contribution is 2.34. The summed E-state index contributed by atoms with van der Waals surface area (Å²) in [6.07, 6.45) is 8.11. The zero-order chi connectivity index (χ0) is 18.8. The lowest BCUT2D eigenvalue weighted by Crippen LogP contribution is -2.47. The summed E-state index contributed by atoms with van der Waals surface area (Å²) in [5.74, 6) is -0.753. The van der Waals surface area contributed by atoms with Gasteiger partial charge in [-0.2, -0.15) is 0 Å². The maximum Gasteiger partial charge on any atom is 0.320 e. The van der Waals surface area contributed by atoms with E-state index in [-0.39, 0.29) is 6.04 Å². The van der Waals surface area contributed by atoms with Gasteiger partial charge in [0.2, 0.25) is 0 Å². The van der Waals surface area contributed by atoms with Crippen molar-refractivity contribution >= 4 is 16.7 Å². The molecule has 0 saturated carbocycles. The molecule has 2 aromatic heterocycles. The first-order chi connectivity index (χ1) is 13.1. The maximum atomic E-state index is 11.9. The van der Waals surface area contributed by atoms with Crippen LogP contribution in [0.1, 0.15) is 42.1 Å². The van der Waals surface area contributed by atoms with Gasteiger partial charge in [-0.25, -0.2) is 0 Å². The lowest BCUT2D eigenvalue weighted by atomic mass is 9.93. The Kier molecular flexibility index (Phi) is 4.86. The minimum atomic E-state index is -0.753. The molecule has 0 spiro atoms. The van der Waals surface area contributed by atoms with Gasteiger partial charge in [0, 0.05) is 24.0 Å². The third-order valence-corrected chi connectivity index (χ3v) is 5.36. The Morgan fingerprint density at radius 2 is 2.04 bits per heavy atom. The molecule has 27 heavy (non-hydrogen) atoms. The Morgan fingerprint density at radius 3 is 2.81 bits per heavy atom. The zero-order valence-electron chi connectivity index (χ0n) is 15.4. The van der Waals surface area contributed by atoms with Gasteiger partial charge >= 0.3 is 5.97 Å². The van der Waals surface area contributed by atoms with E-state index in [1.165, 1.54) is 0 Å². The molecule has 1 aromatic carbocycles. The molecule has 1 aliphatic heterocycles. The van der Waals surface area contributed by atoms with Gasteiger partial charge in [-0.05, 0) is 61.0 Å². The first-order valence-corrected chi connectivity index (χ1v) is 9.38. The Labute approximate surface area is 158 Å². The number of aromatic nitrogens is 2. The fourth-order valence-corrected chi connectivity index (χ4v) is 3.97. The molecule has 2 atom stereocenters. The topological polar surface area (TPSA) is 66.3 Å². The van der Waals surface area contributed by atoms with Crippen LogP contribution in [0.15, 0.2) is 55.0 Å². The summed E-state index contributed by atoms with van der Waals surface area (Å²) in [5.41, 5.74) is 3.05. The SMILES string of the molecule is Cc1ccc(C(c2ccc3cnccc3c2)N2CCCCC2C(=O)O)nc1. The fraction of sp³-hybridized carbons (Fsp3) is 0.318. The summed E-state index contributed by atoms with van der Waals surface area (Å²) in [6.45, 7) is 2.77. The van der Waals surface area contributed by atoms with Crippen molar-refractivity contribution in [2.75, 3.05) is 6.54 Å². The van der Waals surface area contributed by atoms with Crippen molar-refractivity contribution in [1.82, 2.24) is 14.9 Å². The molecule has 1 fully saturated rings. The molecule has 5 nitrogen and oxygen atoms in total. The average molecular weight is 361 g/mol. The third kappa shape index (κ3) is 3.55. The van der Waals surface area contributed by atoms with Crippen molar-refractivity contribution < 1.29 is 9.90 Å². The second kappa shape index (κ2) is 7.45. The van der Waals surface area contributed by atoms with Crippen LogP contribution in [-0.4, -0.2) is 38.5 Å². The number of benzene rings is 1. The molecular formula is C22H23N3O2. The van der Waals surface area contributed by atoms with Crippen LogP contribution < -0.4 is 0 Å². The minimum Gasteiger partial charge on any atom is -0.480 e. The number of carboxylic acids is 1. The van der Waals surface area contributed by atoms with Crippen LogP contribution >= 0.6 is 0 Å². The number of likely N-dealkylation sites (tertiary alicyclic amines) is 1. The fourth-order valence-electron chi connectivity index (χ4n) is 3.97. The van der Waals surface area contributed by atoms with Gasteiger partial charge < -0.3 is 5.11 Å². The van der Waals surface area contributed by atoms with Crippen LogP contribution in [-0.2, 0) is 4.79 Å². The predicted octanol–water partition coefficient (Wildman–Crippen LogP) is 3.97. The number of aliphatic carboxylic acids is 1. The predicted molar refractivity (Wildman–Crippen MR) is 105 cm³/mol. The second-order valence-electron chi connectivity index (χ2n) is 7.23. The quantitative estimate of drug-likeness (QED) is 0.762. The minimum absolute atomic E-state index is 0.176. The van der Waals surface area contributed by atoms with E-state index in [0.29, 0.717) is 6.42 Å². The molecule has 4 rings (SSSR count). The first-order valence-electron chi connectivity index (χ1n) is 9.38. The number of nitrogens with zero attached hydrogens (tertiary/aromatic N) is 3. The molecule has 2 unspecified atom stereocenters. The standard InChI is InChI=1S/C22H23N3O2/c1-15-5-8-19(24-13-15)21(25-11-3-2-4-20(25)22(26)27)17-6-7-18-14-23-10-9-16(18)12-17/h5-10,12-14,20-21H,2-4,11H2,1H3,(H,26,27). The summed E-state index contributed by atoms with van der Waals surface area (Å²) in [5, 5.41) is 12.0. The number of rotatable bonds is 4. The molecule has 0 bridgehead atoms. The van der Waals surface area contributed by atoms with E-state index in [4.69, 9.17) is 0 Å². The van der Waals surface area contributed by atoms with Gasteiger partial charge in [0.25, 0.3) is 0 Å². The highest BCUT2D eigenvalue weighted by atomic mass is 16.4. The molecule has 3 heterocycles. The van der Waals surface area contributed by atoms with Gasteiger partial charge in [-0.15, -0.1) is 0 Å². The first kappa shape index (κ1) is 17.6. The van der Waals surface area contributed by atoms with Crippen molar-refractivity contribution in [3.05, 3.63) is 71.8 Å². The van der Waals surface area contributed by atoms with Gasteiger partial charge in [-0.1, -0.05) is 24.6 Å². The van der Waals surface area contributed by atoms with E-state index >= 15 is 0 Å². The van der Waals surface area contributed by atoms with Gasteiger partial charge in [0.1, 0.15) is 6.04 Å². The van der Waals surface area contributed by atoms with Crippen LogP contribution in [0.4, 0.5) is 0 Å². The van der Waals surface area contributed by atoms with Crippen LogP contribution in [0.2, 0.25) is 0 Å². The third-order valence-electron chi connectivity index (χ3n) is 5.36. The van der Waals surface area contributed by atoms with E-state index < -0.39 is 12.0 Å². The average Bonchev–Trinajstić information content (AvgIpc) is 2.70. The lowest BCUT2D eigenvalue weighted by Gasteiger charge is -2.39. The van der Waals surface area contributed by atoms with E-state index in [2.05, 4.69) is 33.1 Å². The number of piperidine rings is 1. The van der Waals surface area contributed by atoms with E-state index in [9.17, 15) is 9.90 Å². The second-order valence-corrected chi connectivity index (χ2v) is 7.23. The monoisotopic (exact) mass is 361 g/mol. The van der Waals surface area contributed by atoms with Crippen molar-refractivity contribution in [3.63, 3.8) is 0 Å². The number of carbonyl (C=O) groups is 1. The highest BCUT2D eigenvalue weighted by Gasteiger charge is 2.35. The van der Waals surface area contributed by atoms with Gasteiger partial charge in [-0.3, -0.25) is 19.7 Å². The Balaban J connectivity index is 1.83. The van der Waals surface area contributed by atoms with Crippen LogP contribution in [0, 0.1) is 6.92 Å². The normalized spacial score (nSPS) is 19.1. The van der Waals surface area contributed by atoms with E-state index in [1.54, 1.807) is 6.20 Å². The van der Waals surface area contributed by atoms with Gasteiger partial charge in [0.05, 0.1) is 11.7 Å². The van der Waals surface area contributed by atoms with Crippen molar-refractivity contribution in [2.45, 2.75) is 38.3 Å². The van der Waals surface area contributed by atoms with Crippen molar-refractivity contribution in [2.24, 2.45) is 0 Å². The molecule has 1 N–H and O–H groups in total. The van der Waals surface area contributed by atoms with Gasteiger partial charge in [0.15, 0.2) is 0 Å². The molecule has 0 amide bonds. The summed E-state index contributed by atoms with van der Waals surface area (Å²) >= 11 is 0. The summed E-state index contributed by atoms with van der Waals surface area (Å²) in [7, 11) is 0. The van der Waals surface area contributed by atoms with Crippen molar-refractivity contribution in [1.29, 1.82) is 0 Å². The molecule has 0 aliphatic carbocycles. The summed E-state index contributed by atoms with van der Waals surface area (Å²) < 4.78 is 0. The largest absolute Gasteiger partial charge is 0.480 e. The van der Waals surface area contributed by atoms with Crippen LogP contribution in [0.25, 0.3) is 10.8 Å². The molecule has 3 aromatic rings. The smallest absolute Gasteiger partial charge is 0.320 e. The number of fused-ring (bicyclic) bond motifs is 1. The lowest BCUT2D eigenvalue weighted by molar-refractivity contribution is -0.145. The Bertz CT molecular complexity index is 955. The summed E-state index contributed by atoms with van der Waals surface area (Å²) in [4.78, 5) is 22.9. The van der Waals surface area contributed by atoms with Crippen LogP contribution in [0.5, 0.6) is 0 Å². The highest BCUT2D eigenvalue weighted by molar-refractivity contribution is 5.82. The molecule has 0 radical (unpaired) electrons. The number of hydrogen-bond acceptors (Lipinski definition) is 4. The molecule has 1 aliphatic rings. The summed E-state index contributed by atoms with van der Waals surface area (Å²) in [6, 6.07) is 11.6. The molecule has 1 saturated heterocycles. The Hall–Kier alpha value is -2.79. The van der Waals surface area contributed by atoms with E-state index in [1.807, 2.05) is 37.5 Å².